The van der Waals surface area contributed by atoms with Crippen molar-refractivity contribution in [3.63, 3.8) is 0 Å². The topological polar surface area (TPSA) is 18.0 Å². The highest BCUT2D eigenvalue weighted by atomic mass is 16.5. The summed E-state index contributed by atoms with van der Waals surface area (Å²) in [4.78, 5) is 0. The molecule has 0 bridgehead atoms. The van der Waals surface area contributed by atoms with Crippen molar-refractivity contribution < 1.29 is 9.30 Å². The van der Waals surface area contributed by atoms with Crippen LogP contribution in [0, 0.1) is 0 Å². The molecule has 0 saturated carbocycles. The second-order valence-electron chi connectivity index (χ2n) is 5.46. The highest BCUT2D eigenvalue weighted by Crippen LogP contribution is 2.08. The summed E-state index contributed by atoms with van der Waals surface area (Å²) in [6.45, 7) is 5.15. The smallest absolute Gasteiger partial charge is 0.243 e. The third-order valence-corrected chi connectivity index (χ3v) is 3.59. The lowest BCUT2D eigenvalue weighted by molar-refractivity contribution is -0.696. The number of hydrogen-bond donors (Lipinski definition) is 0. The number of imidazole rings is 1. The molecule has 0 unspecified atom stereocenters. The molecule has 1 heterocycles. The zero-order chi connectivity index (χ0) is 14.8. The second kappa shape index (κ2) is 9.22. The molecule has 0 fully saturated rings. The van der Waals surface area contributed by atoms with Crippen LogP contribution in [-0.2, 0) is 13.1 Å². The first-order valence-electron chi connectivity index (χ1n) is 8.11. The highest BCUT2D eigenvalue weighted by molar-refractivity contribution is 5.20. The average Bonchev–Trinajstić information content (AvgIpc) is 2.97. The minimum absolute atomic E-state index is 0.763. The second-order valence-corrected chi connectivity index (χ2v) is 5.46. The van der Waals surface area contributed by atoms with Crippen molar-refractivity contribution in [2.24, 2.45) is 0 Å². The Bertz CT molecular complexity index is 493. The Hall–Kier alpha value is -1.77. The maximum Gasteiger partial charge on any atom is 0.243 e. The molecule has 0 aliphatic heterocycles. The van der Waals surface area contributed by atoms with E-state index < -0.39 is 0 Å². The summed E-state index contributed by atoms with van der Waals surface area (Å²) >= 11 is 0. The molecule has 0 aliphatic rings. The largest absolute Gasteiger partial charge is 0.493 e. The fraction of sp³-hybridized carbons (Fsp3) is 0.500. The molecule has 0 amide bonds. The Labute approximate surface area is 128 Å². The van der Waals surface area contributed by atoms with Crippen molar-refractivity contribution in [1.29, 1.82) is 0 Å². The summed E-state index contributed by atoms with van der Waals surface area (Å²) in [5.41, 5.74) is 0. The molecule has 3 heteroatoms. The molecule has 0 spiro atoms. The molecule has 2 rings (SSSR count). The van der Waals surface area contributed by atoms with Crippen molar-refractivity contribution in [3.8, 4) is 5.75 Å². The molecule has 3 nitrogen and oxygen atoms in total. The van der Waals surface area contributed by atoms with Crippen LogP contribution in [0.5, 0.6) is 5.75 Å². The Kier molecular flexibility index (Phi) is 6.85. The number of rotatable bonds is 10. The lowest BCUT2D eigenvalue weighted by Crippen LogP contribution is -2.31. The molecule has 2 aromatic rings. The molecule has 114 valence electrons. The van der Waals surface area contributed by atoms with Crippen LogP contribution >= 0.6 is 0 Å². The first-order chi connectivity index (χ1) is 10.4. The fourth-order valence-corrected chi connectivity index (χ4v) is 2.38. The van der Waals surface area contributed by atoms with Crippen LogP contribution in [-0.4, -0.2) is 11.2 Å². The quantitative estimate of drug-likeness (QED) is 0.480. The van der Waals surface area contributed by atoms with Crippen molar-refractivity contribution in [1.82, 2.24) is 4.57 Å². The van der Waals surface area contributed by atoms with Gasteiger partial charge < -0.3 is 4.74 Å². The Balaban J connectivity index is 1.61. The number of ether oxygens (including phenoxy) is 1. The van der Waals surface area contributed by atoms with Gasteiger partial charge in [0.1, 0.15) is 18.1 Å². The zero-order valence-electron chi connectivity index (χ0n) is 13.1. The van der Waals surface area contributed by atoms with E-state index in [1.165, 1.54) is 25.7 Å². The monoisotopic (exact) mass is 287 g/mol. The maximum atomic E-state index is 5.71. The first-order valence-corrected chi connectivity index (χ1v) is 8.11. The number of benzene rings is 1. The minimum atomic E-state index is 0.763. The normalized spacial score (nSPS) is 10.7. The van der Waals surface area contributed by atoms with E-state index in [-0.39, 0.29) is 0 Å². The minimum Gasteiger partial charge on any atom is -0.493 e. The molecule has 0 N–H and O–H groups in total. The van der Waals surface area contributed by atoms with Gasteiger partial charge in [0.25, 0.3) is 0 Å². The van der Waals surface area contributed by atoms with E-state index in [1.807, 2.05) is 30.3 Å². The SMILES string of the molecule is CCCCCCn1cc[n+](CCCOc2ccccc2)c1. The van der Waals surface area contributed by atoms with Crippen molar-refractivity contribution in [2.75, 3.05) is 6.61 Å². The van der Waals surface area contributed by atoms with Gasteiger partial charge in [-0.15, -0.1) is 0 Å². The molecule has 0 radical (unpaired) electrons. The molecular formula is C18H27N2O+. The highest BCUT2D eigenvalue weighted by Gasteiger charge is 2.03. The Morgan fingerprint density at radius 3 is 2.71 bits per heavy atom. The Morgan fingerprint density at radius 2 is 1.90 bits per heavy atom. The van der Waals surface area contributed by atoms with Gasteiger partial charge in [-0.05, 0) is 25.0 Å². The van der Waals surface area contributed by atoms with Crippen molar-refractivity contribution in [2.45, 2.75) is 52.1 Å². The van der Waals surface area contributed by atoms with Crippen molar-refractivity contribution >= 4 is 0 Å². The fourth-order valence-electron chi connectivity index (χ4n) is 2.38. The van der Waals surface area contributed by atoms with Crippen LogP contribution in [0.25, 0.3) is 0 Å². The van der Waals surface area contributed by atoms with Gasteiger partial charge in [0.15, 0.2) is 0 Å². The van der Waals surface area contributed by atoms with Gasteiger partial charge in [-0.25, -0.2) is 9.13 Å². The van der Waals surface area contributed by atoms with Gasteiger partial charge in [-0.2, -0.15) is 0 Å². The summed E-state index contributed by atoms with van der Waals surface area (Å²) in [6.07, 6.45) is 12.8. The summed E-state index contributed by atoms with van der Waals surface area (Å²) in [7, 11) is 0. The average molecular weight is 287 g/mol. The van der Waals surface area contributed by atoms with Crippen molar-refractivity contribution in [3.05, 3.63) is 49.1 Å². The lowest BCUT2D eigenvalue weighted by Gasteiger charge is -2.04. The summed E-state index contributed by atoms with van der Waals surface area (Å²) in [5, 5.41) is 0. The summed E-state index contributed by atoms with van der Waals surface area (Å²) in [5.74, 6) is 0.955. The lowest BCUT2D eigenvalue weighted by atomic mass is 10.2. The molecule has 0 atom stereocenters. The molecule has 0 aliphatic carbocycles. The zero-order valence-corrected chi connectivity index (χ0v) is 13.1. The predicted molar refractivity (Wildman–Crippen MR) is 85.3 cm³/mol. The number of unbranched alkanes of at least 4 members (excludes halogenated alkanes) is 3. The number of aryl methyl sites for hydroxylation is 2. The molecule has 0 saturated heterocycles. The van der Waals surface area contributed by atoms with Crippen LogP contribution in [0.15, 0.2) is 49.1 Å². The van der Waals surface area contributed by atoms with Gasteiger partial charge in [0.05, 0.1) is 19.7 Å². The molecule has 21 heavy (non-hydrogen) atoms. The first kappa shape index (κ1) is 15.6. The summed E-state index contributed by atoms with van der Waals surface area (Å²) < 4.78 is 10.2. The van der Waals surface area contributed by atoms with E-state index in [0.29, 0.717) is 0 Å². The van der Waals surface area contributed by atoms with Crippen LogP contribution in [0.3, 0.4) is 0 Å². The number of nitrogens with zero attached hydrogens (tertiary/aromatic N) is 2. The third-order valence-electron chi connectivity index (χ3n) is 3.59. The maximum absolute atomic E-state index is 5.71. The van der Waals surface area contributed by atoms with Crippen LogP contribution in [0.2, 0.25) is 0 Å². The van der Waals surface area contributed by atoms with E-state index in [1.54, 1.807) is 0 Å². The van der Waals surface area contributed by atoms with E-state index in [0.717, 1.165) is 31.9 Å². The molecule has 1 aromatic carbocycles. The van der Waals surface area contributed by atoms with Gasteiger partial charge in [0.2, 0.25) is 6.33 Å². The number of aromatic nitrogens is 2. The van der Waals surface area contributed by atoms with Gasteiger partial charge in [-0.1, -0.05) is 38.0 Å². The number of para-hydroxylation sites is 1. The van der Waals surface area contributed by atoms with Gasteiger partial charge in [-0.3, -0.25) is 0 Å². The molecular weight excluding hydrogens is 260 g/mol. The van der Waals surface area contributed by atoms with E-state index >= 15 is 0 Å². The van der Waals surface area contributed by atoms with E-state index in [4.69, 9.17) is 4.74 Å². The Morgan fingerprint density at radius 1 is 1.05 bits per heavy atom. The van der Waals surface area contributed by atoms with Gasteiger partial charge >= 0.3 is 0 Å². The van der Waals surface area contributed by atoms with Crippen LogP contribution < -0.4 is 9.30 Å². The van der Waals surface area contributed by atoms with Crippen LogP contribution in [0.1, 0.15) is 39.0 Å². The van der Waals surface area contributed by atoms with E-state index in [9.17, 15) is 0 Å². The number of hydrogen-bond acceptors (Lipinski definition) is 1. The standard InChI is InChI=1S/C18H27N2O/c1-2-3-4-8-12-19-14-15-20(17-19)13-9-16-21-18-10-6-5-7-11-18/h5-7,10-11,14-15,17H,2-4,8-9,12-13,16H2,1H3/q+1. The third kappa shape index (κ3) is 6.03. The van der Waals surface area contributed by atoms with Gasteiger partial charge in [0, 0.05) is 6.42 Å². The summed E-state index contributed by atoms with van der Waals surface area (Å²) in [6, 6.07) is 10.0. The van der Waals surface area contributed by atoms with E-state index in [2.05, 4.69) is 34.8 Å². The predicted octanol–water partition coefficient (Wildman–Crippen LogP) is 3.83. The van der Waals surface area contributed by atoms with Crippen LogP contribution in [0.4, 0.5) is 0 Å². The molecule has 1 aromatic heterocycles.